The van der Waals surface area contributed by atoms with E-state index in [1.165, 1.54) is 22.3 Å². The van der Waals surface area contributed by atoms with Crippen molar-refractivity contribution in [3.05, 3.63) is 90.0 Å². The summed E-state index contributed by atoms with van der Waals surface area (Å²) in [4.78, 5) is 0. The first-order valence-corrected chi connectivity index (χ1v) is 8.28. The van der Waals surface area contributed by atoms with Crippen molar-refractivity contribution < 1.29 is 4.74 Å². The first kappa shape index (κ1) is 13.4. The van der Waals surface area contributed by atoms with Gasteiger partial charge in [-0.2, -0.15) is 0 Å². The summed E-state index contributed by atoms with van der Waals surface area (Å²) in [6.45, 7) is 0. The molecular weight excluding hydrogens is 294 g/mol. The minimum Gasteiger partial charge on any atom is -0.481 e. The maximum atomic E-state index is 6.34. The van der Waals surface area contributed by atoms with Crippen LogP contribution in [0.4, 0.5) is 5.69 Å². The van der Waals surface area contributed by atoms with E-state index >= 15 is 0 Å². The molecule has 1 aliphatic carbocycles. The van der Waals surface area contributed by atoms with Gasteiger partial charge in [-0.05, 0) is 28.8 Å². The molecule has 1 heterocycles. The van der Waals surface area contributed by atoms with Crippen LogP contribution in [-0.4, -0.2) is 6.04 Å². The van der Waals surface area contributed by atoms with Crippen molar-refractivity contribution in [2.45, 2.75) is 12.1 Å². The van der Waals surface area contributed by atoms with Crippen LogP contribution < -0.4 is 10.1 Å². The van der Waals surface area contributed by atoms with Gasteiger partial charge in [-0.3, -0.25) is 0 Å². The molecule has 1 N–H and O–H groups in total. The molecule has 0 saturated heterocycles. The molecule has 3 aromatic carbocycles. The molecule has 0 aromatic heterocycles. The Balaban J connectivity index is 1.54. The van der Waals surface area contributed by atoms with Crippen molar-refractivity contribution in [2.24, 2.45) is 0 Å². The van der Waals surface area contributed by atoms with Crippen LogP contribution in [-0.2, 0) is 0 Å². The van der Waals surface area contributed by atoms with Crippen molar-refractivity contribution in [3.63, 3.8) is 0 Å². The fourth-order valence-corrected chi connectivity index (χ4v) is 3.56. The first-order valence-electron chi connectivity index (χ1n) is 8.28. The minimum absolute atomic E-state index is 0.0290. The summed E-state index contributed by atoms with van der Waals surface area (Å²) in [7, 11) is 0. The summed E-state index contributed by atoms with van der Waals surface area (Å²) in [5, 5.41) is 3.64. The standard InChI is InChI=1S/C22H17NO/c1-2-6-15(7-3-1)17-11-13-21-20(14-17)23-19-12-10-16-8-4-5-9-18(16)22(19)24-21/h1-14,19,22-23H. The summed E-state index contributed by atoms with van der Waals surface area (Å²) >= 11 is 0. The van der Waals surface area contributed by atoms with E-state index in [0.29, 0.717) is 0 Å². The molecule has 0 fully saturated rings. The van der Waals surface area contributed by atoms with Gasteiger partial charge in [0.2, 0.25) is 0 Å². The summed E-state index contributed by atoms with van der Waals surface area (Å²) in [5.74, 6) is 0.918. The fraction of sp³-hybridized carbons (Fsp3) is 0.0909. The zero-order chi connectivity index (χ0) is 15.9. The van der Waals surface area contributed by atoms with Gasteiger partial charge in [-0.1, -0.05) is 72.8 Å². The van der Waals surface area contributed by atoms with Crippen LogP contribution in [0.15, 0.2) is 78.9 Å². The van der Waals surface area contributed by atoms with E-state index in [4.69, 9.17) is 4.74 Å². The largest absolute Gasteiger partial charge is 0.481 e. The van der Waals surface area contributed by atoms with Crippen molar-refractivity contribution in [2.75, 3.05) is 5.32 Å². The van der Waals surface area contributed by atoms with E-state index in [1.807, 2.05) is 6.07 Å². The number of hydrogen-bond acceptors (Lipinski definition) is 2. The molecule has 0 saturated carbocycles. The van der Waals surface area contributed by atoms with Crippen LogP contribution in [0.2, 0.25) is 0 Å². The third kappa shape index (κ3) is 2.11. The molecule has 5 rings (SSSR count). The monoisotopic (exact) mass is 311 g/mol. The number of fused-ring (bicyclic) bond motifs is 4. The highest BCUT2D eigenvalue weighted by molar-refractivity contribution is 5.74. The van der Waals surface area contributed by atoms with Crippen LogP contribution in [0.5, 0.6) is 5.75 Å². The molecule has 3 aromatic rings. The summed E-state index contributed by atoms with van der Waals surface area (Å²) < 4.78 is 6.34. The topological polar surface area (TPSA) is 21.3 Å². The molecule has 2 aliphatic rings. The quantitative estimate of drug-likeness (QED) is 0.659. The van der Waals surface area contributed by atoms with E-state index < -0.39 is 0 Å². The van der Waals surface area contributed by atoms with Gasteiger partial charge in [-0.25, -0.2) is 0 Å². The average Bonchev–Trinajstić information content (AvgIpc) is 2.66. The molecule has 1 aliphatic heterocycles. The van der Waals surface area contributed by atoms with Crippen LogP contribution >= 0.6 is 0 Å². The Morgan fingerprint density at radius 2 is 1.62 bits per heavy atom. The molecule has 2 unspecified atom stereocenters. The Hall–Kier alpha value is -3.00. The van der Waals surface area contributed by atoms with Crippen LogP contribution in [0, 0.1) is 0 Å². The average molecular weight is 311 g/mol. The molecule has 24 heavy (non-hydrogen) atoms. The normalized spacial score (nSPS) is 20.2. The predicted molar refractivity (Wildman–Crippen MR) is 98.1 cm³/mol. The Labute approximate surface area is 141 Å². The Bertz CT molecular complexity index is 930. The van der Waals surface area contributed by atoms with Crippen molar-refractivity contribution in [3.8, 4) is 16.9 Å². The highest BCUT2D eigenvalue weighted by atomic mass is 16.5. The lowest BCUT2D eigenvalue weighted by Crippen LogP contribution is -2.35. The number of rotatable bonds is 1. The third-order valence-electron chi connectivity index (χ3n) is 4.77. The van der Waals surface area contributed by atoms with E-state index in [0.717, 1.165) is 11.4 Å². The molecule has 0 spiro atoms. The highest BCUT2D eigenvalue weighted by Gasteiger charge is 2.32. The molecule has 116 valence electrons. The first-order chi connectivity index (χ1) is 11.9. The van der Waals surface area contributed by atoms with Gasteiger partial charge >= 0.3 is 0 Å². The van der Waals surface area contributed by atoms with E-state index in [-0.39, 0.29) is 12.1 Å². The second-order valence-electron chi connectivity index (χ2n) is 6.27. The zero-order valence-corrected chi connectivity index (χ0v) is 13.1. The van der Waals surface area contributed by atoms with E-state index in [1.54, 1.807) is 0 Å². The van der Waals surface area contributed by atoms with Gasteiger partial charge in [0.15, 0.2) is 0 Å². The van der Waals surface area contributed by atoms with Gasteiger partial charge in [0.25, 0.3) is 0 Å². The third-order valence-corrected chi connectivity index (χ3v) is 4.77. The second kappa shape index (κ2) is 5.27. The second-order valence-corrected chi connectivity index (χ2v) is 6.27. The maximum absolute atomic E-state index is 6.34. The van der Waals surface area contributed by atoms with Crippen LogP contribution in [0.25, 0.3) is 17.2 Å². The number of ether oxygens (including phenoxy) is 1. The number of anilines is 1. The smallest absolute Gasteiger partial charge is 0.148 e. The van der Waals surface area contributed by atoms with Gasteiger partial charge in [0, 0.05) is 5.56 Å². The van der Waals surface area contributed by atoms with Crippen molar-refractivity contribution in [1.29, 1.82) is 0 Å². The summed E-state index contributed by atoms with van der Waals surface area (Å²) in [6, 6.07) is 25.4. The molecule has 2 heteroatoms. The zero-order valence-electron chi connectivity index (χ0n) is 13.1. The Morgan fingerprint density at radius 3 is 2.54 bits per heavy atom. The number of benzene rings is 3. The number of nitrogens with one attached hydrogen (secondary N) is 1. The van der Waals surface area contributed by atoms with Gasteiger partial charge in [-0.15, -0.1) is 0 Å². The molecule has 0 amide bonds. The van der Waals surface area contributed by atoms with Crippen LogP contribution in [0.3, 0.4) is 0 Å². The van der Waals surface area contributed by atoms with E-state index in [9.17, 15) is 0 Å². The SMILES string of the molecule is C1=CC2Nc3cc(-c4ccccc4)ccc3OC2c2ccccc21. The minimum atomic E-state index is 0.0290. The predicted octanol–water partition coefficient (Wildman–Crippen LogP) is 5.29. The molecule has 2 atom stereocenters. The molecular formula is C22H17NO. The summed E-state index contributed by atoms with van der Waals surface area (Å²) in [6.07, 6.45) is 4.41. The van der Waals surface area contributed by atoms with E-state index in [2.05, 4.69) is 84.2 Å². The Morgan fingerprint density at radius 1 is 0.792 bits per heavy atom. The highest BCUT2D eigenvalue weighted by Crippen LogP contribution is 2.42. The van der Waals surface area contributed by atoms with Crippen molar-refractivity contribution >= 4 is 11.8 Å². The summed E-state index contributed by atoms with van der Waals surface area (Å²) in [5.41, 5.74) is 5.96. The maximum Gasteiger partial charge on any atom is 0.148 e. The van der Waals surface area contributed by atoms with Crippen LogP contribution in [0.1, 0.15) is 17.2 Å². The van der Waals surface area contributed by atoms with Gasteiger partial charge in [0.1, 0.15) is 11.9 Å². The molecule has 0 radical (unpaired) electrons. The lowest BCUT2D eigenvalue weighted by molar-refractivity contribution is 0.186. The number of hydrogen-bond donors (Lipinski definition) is 1. The van der Waals surface area contributed by atoms with Crippen molar-refractivity contribution in [1.82, 2.24) is 0 Å². The lowest BCUT2D eigenvalue weighted by atomic mass is 9.90. The molecule has 0 bridgehead atoms. The lowest BCUT2D eigenvalue weighted by Gasteiger charge is -2.36. The fourth-order valence-electron chi connectivity index (χ4n) is 3.56. The Kier molecular flexibility index (Phi) is 2.95. The van der Waals surface area contributed by atoms with Gasteiger partial charge in [0.05, 0.1) is 11.7 Å². The molecule has 2 nitrogen and oxygen atoms in total. The van der Waals surface area contributed by atoms with Gasteiger partial charge < -0.3 is 10.1 Å².